The molecule has 4 nitrogen and oxygen atoms in total. The quantitative estimate of drug-likeness (QED) is 0.853. The molecule has 0 saturated heterocycles. The van der Waals surface area contributed by atoms with Gasteiger partial charge in [-0.05, 0) is 18.1 Å². The maximum atomic E-state index is 4.36. The van der Waals surface area contributed by atoms with E-state index < -0.39 is 0 Å². The summed E-state index contributed by atoms with van der Waals surface area (Å²) in [6, 6.07) is 4.01. The van der Waals surface area contributed by atoms with Crippen LogP contribution in [0, 0.1) is 5.92 Å². The van der Waals surface area contributed by atoms with E-state index in [2.05, 4.69) is 29.1 Å². The molecular weight excluding hydrogens is 200 g/mol. The smallest absolute Gasteiger partial charge is 0.137 e. The maximum absolute atomic E-state index is 4.36. The molecule has 0 unspecified atom stereocenters. The molecule has 84 valence electrons. The van der Waals surface area contributed by atoms with Crippen molar-refractivity contribution in [3.63, 3.8) is 0 Å². The first-order chi connectivity index (χ1) is 7.75. The molecule has 16 heavy (non-hydrogen) atoms. The Hall–Kier alpha value is -1.84. The molecule has 0 fully saturated rings. The van der Waals surface area contributed by atoms with Crippen molar-refractivity contribution in [2.45, 2.75) is 13.8 Å². The first-order valence-corrected chi connectivity index (χ1v) is 5.44. The summed E-state index contributed by atoms with van der Waals surface area (Å²) in [6.45, 7) is 5.33. The van der Waals surface area contributed by atoms with Crippen molar-refractivity contribution in [3.8, 4) is 5.82 Å². The molecule has 4 heteroatoms. The summed E-state index contributed by atoms with van der Waals surface area (Å²) in [5.41, 5.74) is 1.05. The Labute approximate surface area is 95.4 Å². The Bertz CT molecular complexity index is 417. The number of nitrogens with one attached hydrogen (secondary N) is 1. The van der Waals surface area contributed by atoms with Crippen molar-refractivity contribution < 1.29 is 0 Å². The number of imidazole rings is 1. The minimum Gasteiger partial charge on any atom is -0.384 e. The van der Waals surface area contributed by atoms with Gasteiger partial charge in [-0.25, -0.2) is 9.97 Å². The summed E-state index contributed by atoms with van der Waals surface area (Å²) >= 11 is 0. The normalized spacial score (nSPS) is 10.7. The lowest BCUT2D eigenvalue weighted by atomic mass is 10.2. The van der Waals surface area contributed by atoms with Crippen LogP contribution >= 0.6 is 0 Å². The van der Waals surface area contributed by atoms with Crippen molar-refractivity contribution in [3.05, 3.63) is 37.1 Å². The van der Waals surface area contributed by atoms with E-state index >= 15 is 0 Å². The van der Waals surface area contributed by atoms with Crippen LogP contribution in [0.2, 0.25) is 0 Å². The molecule has 0 aliphatic carbocycles. The lowest BCUT2D eigenvalue weighted by Crippen LogP contribution is -2.08. The third-order valence-electron chi connectivity index (χ3n) is 2.23. The molecule has 0 bridgehead atoms. The Balaban J connectivity index is 2.05. The number of rotatable bonds is 4. The zero-order chi connectivity index (χ0) is 11.4. The number of hydrogen-bond acceptors (Lipinski definition) is 3. The van der Waals surface area contributed by atoms with E-state index in [1.165, 1.54) is 0 Å². The van der Waals surface area contributed by atoms with Crippen molar-refractivity contribution in [1.29, 1.82) is 0 Å². The van der Waals surface area contributed by atoms with Gasteiger partial charge in [0.2, 0.25) is 0 Å². The van der Waals surface area contributed by atoms with Crippen molar-refractivity contribution >= 4 is 5.69 Å². The molecule has 0 radical (unpaired) electrons. The van der Waals surface area contributed by atoms with Crippen LogP contribution in [0.25, 0.3) is 5.82 Å². The second-order valence-electron chi connectivity index (χ2n) is 4.15. The molecule has 0 aliphatic rings. The topological polar surface area (TPSA) is 42.7 Å². The Morgan fingerprint density at radius 1 is 1.38 bits per heavy atom. The molecule has 0 aliphatic heterocycles. The third kappa shape index (κ3) is 2.59. The van der Waals surface area contributed by atoms with Crippen LogP contribution in [0.5, 0.6) is 0 Å². The van der Waals surface area contributed by atoms with Gasteiger partial charge in [0.1, 0.15) is 12.1 Å². The van der Waals surface area contributed by atoms with Gasteiger partial charge in [-0.1, -0.05) is 13.8 Å². The van der Waals surface area contributed by atoms with Crippen LogP contribution in [0.3, 0.4) is 0 Å². The van der Waals surface area contributed by atoms with Gasteiger partial charge in [-0.15, -0.1) is 0 Å². The highest BCUT2D eigenvalue weighted by molar-refractivity contribution is 5.43. The zero-order valence-electron chi connectivity index (χ0n) is 9.59. The minimum atomic E-state index is 0.633. The van der Waals surface area contributed by atoms with Gasteiger partial charge in [0, 0.05) is 18.9 Å². The fourth-order valence-corrected chi connectivity index (χ4v) is 1.36. The van der Waals surface area contributed by atoms with E-state index in [1.807, 2.05) is 29.1 Å². The average Bonchev–Trinajstić information content (AvgIpc) is 2.80. The Morgan fingerprint density at radius 2 is 2.25 bits per heavy atom. The van der Waals surface area contributed by atoms with Crippen molar-refractivity contribution in [2.24, 2.45) is 5.92 Å². The second-order valence-corrected chi connectivity index (χ2v) is 4.15. The van der Waals surface area contributed by atoms with E-state index in [4.69, 9.17) is 0 Å². The average molecular weight is 216 g/mol. The Morgan fingerprint density at radius 3 is 2.81 bits per heavy atom. The Kier molecular flexibility index (Phi) is 3.19. The van der Waals surface area contributed by atoms with Crippen LogP contribution < -0.4 is 5.32 Å². The van der Waals surface area contributed by atoms with E-state index in [1.54, 1.807) is 12.5 Å². The molecule has 2 aromatic heterocycles. The minimum absolute atomic E-state index is 0.633. The first kappa shape index (κ1) is 10.7. The molecule has 0 aromatic carbocycles. The predicted molar refractivity (Wildman–Crippen MR) is 64.7 cm³/mol. The van der Waals surface area contributed by atoms with Gasteiger partial charge in [0.15, 0.2) is 0 Å². The number of pyridine rings is 1. The lowest BCUT2D eigenvalue weighted by Gasteiger charge is -2.09. The van der Waals surface area contributed by atoms with E-state index in [0.29, 0.717) is 5.92 Å². The fraction of sp³-hybridized carbons (Fsp3) is 0.333. The summed E-state index contributed by atoms with van der Waals surface area (Å²) in [5, 5.41) is 3.33. The van der Waals surface area contributed by atoms with Crippen molar-refractivity contribution in [2.75, 3.05) is 11.9 Å². The van der Waals surface area contributed by atoms with E-state index in [-0.39, 0.29) is 0 Å². The molecular formula is C12H16N4. The van der Waals surface area contributed by atoms with Gasteiger partial charge in [0.25, 0.3) is 0 Å². The first-order valence-electron chi connectivity index (χ1n) is 5.44. The van der Waals surface area contributed by atoms with Crippen LogP contribution in [-0.2, 0) is 0 Å². The molecule has 2 heterocycles. The highest BCUT2D eigenvalue weighted by Gasteiger charge is 1.98. The van der Waals surface area contributed by atoms with Crippen LogP contribution in [0.4, 0.5) is 5.69 Å². The van der Waals surface area contributed by atoms with E-state index in [0.717, 1.165) is 18.1 Å². The number of aromatic nitrogens is 3. The molecule has 2 aromatic rings. The molecule has 1 N–H and O–H groups in total. The number of hydrogen-bond donors (Lipinski definition) is 1. The number of nitrogens with zero attached hydrogens (tertiary/aromatic N) is 3. The standard InChI is InChI=1S/C12H16N4/c1-10(2)7-14-11-3-4-12(15-8-11)16-6-5-13-9-16/h3-6,8-10,14H,7H2,1-2H3. The largest absolute Gasteiger partial charge is 0.384 e. The highest BCUT2D eigenvalue weighted by Crippen LogP contribution is 2.09. The van der Waals surface area contributed by atoms with Crippen LogP contribution in [0.15, 0.2) is 37.1 Å². The summed E-state index contributed by atoms with van der Waals surface area (Å²) in [4.78, 5) is 8.35. The van der Waals surface area contributed by atoms with Gasteiger partial charge in [-0.2, -0.15) is 0 Å². The monoisotopic (exact) mass is 216 g/mol. The fourth-order valence-electron chi connectivity index (χ4n) is 1.36. The molecule has 0 spiro atoms. The van der Waals surface area contributed by atoms with Crippen LogP contribution in [-0.4, -0.2) is 21.1 Å². The summed E-state index contributed by atoms with van der Waals surface area (Å²) < 4.78 is 1.88. The zero-order valence-corrected chi connectivity index (χ0v) is 9.59. The molecule has 0 saturated carbocycles. The predicted octanol–water partition coefficient (Wildman–Crippen LogP) is 2.34. The van der Waals surface area contributed by atoms with Crippen LogP contribution in [0.1, 0.15) is 13.8 Å². The lowest BCUT2D eigenvalue weighted by molar-refractivity contribution is 0.688. The van der Waals surface area contributed by atoms with Crippen molar-refractivity contribution in [1.82, 2.24) is 14.5 Å². The molecule has 0 amide bonds. The second kappa shape index (κ2) is 4.79. The summed E-state index contributed by atoms with van der Waals surface area (Å²) in [5.74, 6) is 1.51. The third-order valence-corrected chi connectivity index (χ3v) is 2.23. The molecule has 2 rings (SSSR count). The maximum Gasteiger partial charge on any atom is 0.137 e. The van der Waals surface area contributed by atoms with Gasteiger partial charge in [0.05, 0.1) is 11.9 Å². The SMILES string of the molecule is CC(C)CNc1ccc(-n2ccnc2)nc1. The highest BCUT2D eigenvalue weighted by atomic mass is 15.1. The van der Waals surface area contributed by atoms with Gasteiger partial charge >= 0.3 is 0 Å². The summed E-state index contributed by atoms with van der Waals surface area (Å²) in [7, 11) is 0. The van der Waals surface area contributed by atoms with Gasteiger partial charge < -0.3 is 5.32 Å². The summed E-state index contributed by atoms with van der Waals surface area (Å²) in [6.07, 6.45) is 7.21. The van der Waals surface area contributed by atoms with E-state index in [9.17, 15) is 0 Å². The number of anilines is 1. The molecule has 0 atom stereocenters. The van der Waals surface area contributed by atoms with Gasteiger partial charge in [-0.3, -0.25) is 4.57 Å².